The van der Waals surface area contributed by atoms with Crippen molar-refractivity contribution in [3.05, 3.63) is 35.7 Å². The third-order valence-corrected chi connectivity index (χ3v) is 2.76. The van der Waals surface area contributed by atoms with Crippen LogP contribution >= 0.6 is 0 Å². The van der Waals surface area contributed by atoms with Crippen LogP contribution in [0.3, 0.4) is 0 Å². The highest BCUT2D eigenvalue weighted by molar-refractivity contribution is 5.69. The zero-order valence-electron chi connectivity index (χ0n) is 11.6. The SMILES string of the molecule is C#CCN(CC(=O)O)Cc1nnc(-c2cccc(C)c2)o1. The molecular weight excluding hydrogens is 270 g/mol. The van der Waals surface area contributed by atoms with Gasteiger partial charge in [-0.15, -0.1) is 16.6 Å². The number of benzene rings is 1. The normalized spacial score (nSPS) is 10.5. The monoisotopic (exact) mass is 285 g/mol. The van der Waals surface area contributed by atoms with Crippen molar-refractivity contribution in [2.24, 2.45) is 0 Å². The van der Waals surface area contributed by atoms with Crippen LogP contribution in [-0.2, 0) is 11.3 Å². The number of nitrogens with zero attached hydrogens (tertiary/aromatic N) is 3. The number of carboxylic acids is 1. The summed E-state index contributed by atoms with van der Waals surface area (Å²) in [6, 6.07) is 7.69. The van der Waals surface area contributed by atoms with Gasteiger partial charge in [0.2, 0.25) is 11.8 Å². The van der Waals surface area contributed by atoms with Crippen molar-refractivity contribution in [3.8, 4) is 23.8 Å². The summed E-state index contributed by atoms with van der Waals surface area (Å²) in [5.41, 5.74) is 1.92. The van der Waals surface area contributed by atoms with Gasteiger partial charge in [0.05, 0.1) is 19.6 Å². The molecule has 0 atom stereocenters. The number of hydrogen-bond donors (Lipinski definition) is 1. The van der Waals surface area contributed by atoms with E-state index in [0.29, 0.717) is 11.8 Å². The van der Waals surface area contributed by atoms with E-state index in [1.54, 1.807) is 0 Å². The summed E-state index contributed by atoms with van der Waals surface area (Å²) in [6.45, 7) is 2.21. The first-order valence-corrected chi connectivity index (χ1v) is 6.35. The molecule has 0 spiro atoms. The number of aryl methyl sites for hydroxylation is 1. The van der Waals surface area contributed by atoms with Crippen LogP contribution in [0.4, 0.5) is 0 Å². The van der Waals surface area contributed by atoms with Crippen LogP contribution in [0.1, 0.15) is 11.5 Å². The molecule has 1 aromatic carbocycles. The maximum absolute atomic E-state index is 10.8. The second kappa shape index (κ2) is 6.68. The van der Waals surface area contributed by atoms with Crippen LogP contribution in [-0.4, -0.2) is 39.3 Å². The average Bonchev–Trinajstić information content (AvgIpc) is 2.87. The maximum Gasteiger partial charge on any atom is 0.317 e. The van der Waals surface area contributed by atoms with Gasteiger partial charge < -0.3 is 9.52 Å². The Labute approximate surface area is 122 Å². The molecule has 6 nitrogen and oxygen atoms in total. The molecule has 0 amide bonds. The number of hydrogen-bond acceptors (Lipinski definition) is 5. The zero-order valence-corrected chi connectivity index (χ0v) is 11.6. The smallest absolute Gasteiger partial charge is 0.317 e. The molecular formula is C15H15N3O3. The topological polar surface area (TPSA) is 79.5 Å². The molecule has 0 fully saturated rings. The molecule has 1 N–H and O–H groups in total. The first-order chi connectivity index (χ1) is 10.1. The van der Waals surface area contributed by atoms with Gasteiger partial charge in [0.25, 0.3) is 0 Å². The minimum atomic E-state index is -0.955. The van der Waals surface area contributed by atoms with Gasteiger partial charge in [-0.25, -0.2) is 0 Å². The van der Waals surface area contributed by atoms with Crippen molar-refractivity contribution in [2.45, 2.75) is 13.5 Å². The fourth-order valence-corrected chi connectivity index (χ4v) is 1.89. The van der Waals surface area contributed by atoms with Gasteiger partial charge in [-0.3, -0.25) is 9.69 Å². The Morgan fingerprint density at radius 2 is 2.29 bits per heavy atom. The van der Waals surface area contributed by atoms with Crippen molar-refractivity contribution in [2.75, 3.05) is 13.1 Å². The molecule has 108 valence electrons. The van der Waals surface area contributed by atoms with Gasteiger partial charge in [-0.1, -0.05) is 23.6 Å². The molecule has 2 rings (SSSR count). The lowest BCUT2D eigenvalue weighted by molar-refractivity contribution is -0.138. The third-order valence-electron chi connectivity index (χ3n) is 2.76. The molecule has 1 heterocycles. The van der Waals surface area contributed by atoms with Crippen molar-refractivity contribution in [1.82, 2.24) is 15.1 Å². The number of carboxylic acid groups (broad SMARTS) is 1. The molecule has 0 unspecified atom stereocenters. The van der Waals surface area contributed by atoms with Crippen LogP contribution < -0.4 is 0 Å². The van der Waals surface area contributed by atoms with Crippen LogP contribution in [0.25, 0.3) is 11.5 Å². The average molecular weight is 285 g/mol. The summed E-state index contributed by atoms with van der Waals surface area (Å²) in [7, 11) is 0. The lowest BCUT2D eigenvalue weighted by Gasteiger charge is -2.14. The minimum absolute atomic E-state index is 0.174. The highest BCUT2D eigenvalue weighted by Crippen LogP contribution is 2.19. The number of carbonyl (C=O) groups is 1. The number of aromatic nitrogens is 2. The molecule has 2 aromatic rings. The fourth-order valence-electron chi connectivity index (χ4n) is 1.89. The molecule has 0 aliphatic rings. The van der Waals surface area contributed by atoms with Gasteiger partial charge in [-0.2, -0.15) is 0 Å². The van der Waals surface area contributed by atoms with E-state index < -0.39 is 5.97 Å². The first kappa shape index (κ1) is 14.8. The predicted molar refractivity (Wildman–Crippen MR) is 76.2 cm³/mol. The Hall–Kier alpha value is -2.65. The highest BCUT2D eigenvalue weighted by atomic mass is 16.4. The van der Waals surface area contributed by atoms with E-state index in [-0.39, 0.29) is 19.6 Å². The molecule has 21 heavy (non-hydrogen) atoms. The second-order valence-electron chi connectivity index (χ2n) is 4.61. The molecule has 6 heteroatoms. The summed E-state index contributed by atoms with van der Waals surface area (Å²) in [4.78, 5) is 12.3. The van der Waals surface area contributed by atoms with E-state index in [1.807, 2.05) is 31.2 Å². The van der Waals surface area contributed by atoms with E-state index in [2.05, 4.69) is 16.1 Å². The van der Waals surface area contributed by atoms with Gasteiger partial charge in [0.15, 0.2) is 0 Å². The Morgan fingerprint density at radius 1 is 1.48 bits per heavy atom. The third kappa shape index (κ3) is 4.16. The van der Waals surface area contributed by atoms with Crippen LogP contribution in [0, 0.1) is 19.3 Å². The van der Waals surface area contributed by atoms with Crippen LogP contribution in [0.2, 0.25) is 0 Å². The van der Waals surface area contributed by atoms with E-state index in [0.717, 1.165) is 11.1 Å². The van der Waals surface area contributed by atoms with Crippen LogP contribution in [0.5, 0.6) is 0 Å². The summed E-state index contributed by atoms with van der Waals surface area (Å²) >= 11 is 0. The van der Waals surface area contributed by atoms with Gasteiger partial charge in [0, 0.05) is 5.56 Å². The van der Waals surface area contributed by atoms with E-state index in [9.17, 15) is 4.79 Å². The summed E-state index contributed by atoms with van der Waals surface area (Å²) in [5, 5.41) is 16.7. The largest absolute Gasteiger partial charge is 0.480 e. The molecule has 0 saturated heterocycles. The molecule has 0 aliphatic carbocycles. The minimum Gasteiger partial charge on any atom is -0.480 e. The fraction of sp³-hybridized carbons (Fsp3) is 0.267. The Morgan fingerprint density at radius 3 is 2.95 bits per heavy atom. The van der Waals surface area contributed by atoms with Gasteiger partial charge >= 0.3 is 5.97 Å². The van der Waals surface area contributed by atoms with Crippen molar-refractivity contribution >= 4 is 5.97 Å². The van der Waals surface area contributed by atoms with Gasteiger partial charge in [0.1, 0.15) is 0 Å². The zero-order chi connectivity index (χ0) is 15.2. The van der Waals surface area contributed by atoms with Gasteiger partial charge in [-0.05, 0) is 19.1 Å². The molecule has 1 aromatic heterocycles. The number of terminal acetylenes is 1. The van der Waals surface area contributed by atoms with E-state index in [4.69, 9.17) is 15.9 Å². The Balaban J connectivity index is 2.12. The quantitative estimate of drug-likeness (QED) is 0.811. The first-order valence-electron chi connectivity index (χ1n) is 6.35. The highest BCUT2D eigenvalue weighted by Gasteiger charge is 2.14. The molecule has 0 radical (unpaired) electrons. The lowest BCUT2D eigenvalue weighted by atomic mass is 10.1. The standard InChI is InChI=1S/C15H15N3O3/c1-3-7-18(10-14(19)20)9-13-16-17-15(21-13)12-6-4-5-11(2)8-12/h1,4-6,8H,7,9-10H2,2H3,(H,19,20). The van der Waals surface area contributed by atoms with Crippen LogP contribution in [0.15, 0.2) is 28.7 Å². The van der Waals surface area contributed by atoms with Crippen molar-refractivity contribution in [1.29, 1.82) is 0 Å². The van der Waals surface area contributed by atoms with E-state index in [1.165, 1.54) is 4.90 Å². The summed E-state index contributed by atoms with van der Waals surface area (Å²) < 4.78 is 5.56. The summed E-state index contributed by atoms with van der Waals surface area (Å²) in [5.74, 6) is 2.20. The Kier molecular flexibility index (Phi) is 4.69. The maximum atomic E-state index is 10.8. The summed E-state index contributed by atoms with van der Waals surface area (Å²) in [6.07, 6.45) is 5.22. The van der Waals surface area contributed by atoms with Crippen molar-refractivity contribution < 1.29 is 14.3 Å². The Bertz CT molecular complexity index is 673. The number of rotatable bonds is 6. The number of aliphatic carboxylic acids is 1. The van der Waals surface area contributed by atoms with E-state index >= 15 is 0 Å². The predicted octanol–water partition coefficient (Wildman–Crippen LogP) is 1.56. The lowest BCUT2D eigenvalue weighted by Crippen LogP contribution is -2.29. The second-order valence-corrected chi connectivity index (χ2v) is 4.61. The molecule has 0 saturated carbocycles. The van der Waals surface area contributed by atoms with Crippen molar-refractivity contribution in [3.63, 3.8) is 0 Å². The molecule has 0 aliphatic heterocycles. The molecule has 0 bridgehead atoms.